The van der Waals surface area contributed by atoms with E-state index in [1.54, 1.807) is 6.92 Å². The van der Waals surface area contributed by atoms with Gasteiger partial charge < -0.3 is 14.2 Å². The van der Waals surface area contributed by atoms with E-state index in [2.05, 4.69) is 20.4 Å². The average molecular weight is 427 g/mol. The monoisotopic (exact) mass is 426 g/mol. The van der Waals surface area contributed by atoms with Crippen LogP contribution in [0.25, 0.3) is 0 Å². The summed E-state index contributed by atoms with van der Waals surface area (Å²) in [5.74, 6) is 0.320. The molecular weight excluding hydrogens is 376 g/mol. The molecule has 0 saturated carbocycles. The van der Waals surface area contributed by atoms with Gasteiger partial charge in [-0.3, -0.25) is 0 Å². The van der Waals surface area contributed by atoms with Crippen LogP contribution < -0.4 is 0 Å². The number of unbranched alkanes of at least 4 members (excludes halogenated alkanes) is 10. The predicted molar refractivity (Wildman–Crippen MR) is 127 cm³/mol. The molecule has 0 aromatic carbocycles. The van der Waals surface area contributed by atoms with Gasteiger partial charge in [-0.2, -0.15) is 0 Å². The second-order valence-electron chi connectivity index (χ2n) is 8.58. The van der Waals surface area contributed by atoms with Crippen LogP contribution in [0.5, 0.6) is 0 Å². The lowest BCUT2D eigenvalue weighted by molar-refractivity contribution is -0.140. The molecule has 4 heteroatoms. The Kier molecular flexibility index (Phi) is 22.1. The summed E-state index contributed by atoms with van der Waals surface area (Å²) in [6.07, 6.45) is 18.9. The molecule has 30 heavy (non-hydrogen) atoms. The van der Waals surface area contributed by atoms with Crippen molar-refractivity contribution in [1.82, 2.24) is 0 Å². The number of esters is 1. The summed E-state index contributed by atoms with van der Waals surface area (Å²) in [6, 6.07) is 0. The summed E-state index contributed by atoms with van der Waals surface area (Å²) < 4.78 is 16.4. The van der Waals surface area contributed by atoms with Crippen LogP contribution in [0.3, 0.4) is 0 Å². The predicted octanol–water partition coefficient (Wildman–Crippen LogP) is 7.26. The van der Waals surface area contributed by atoms with Gasteiger partial charge in [0.2, 0.25) is 0 Å². The molecule has 0 N–H and O–H groups in total. The lowest BCUT2D eigenvalue weighted by Crippen LogP contribution is -2.15. The topological polar surface area (TPSA) is 44.8 Å². The second-order valence-corrected chi connectivity index (χ2v) is 8.58. The van der Waals surface area contributed by atoms with Crippen LogP contribution in [0.15, 0.2) is 12.2 Å². The lowest BCUT2D eigenvalue weighted by Gasteiger charge is -2.17. The molecule has 0 amide bonds. The molecule has 0 bridgehead atoms. The molecule has 0 atom stereocenters. The zero-order valence-corrected chi connectivity index (χ0v) is 20.4. The highest BCUT2D eigenvalue weighted by Gasteiger charge is 2.09. The Hall–Kier alpha value is -0.870. The highest BCUT2D eigenvalue weighted by atomic mass is 16.6. The quantitative estimate of drug-likeness (QED) is 0.0980. The van der Waals surface area contributed by atoms with Crippen molar-refractivity contribution in [2.75, 3.05) is 33.0 Å². The van der Waals surface area contributed by atoms with Crippen LogP contribution in [0.4, 0.5) is 0 Å². The zero-order chi connectivity index (χ0) is 22.3. The molecule has 0 heterocycles. The van der Waals surface area contributed by atoms with Crippen molar-refractivity contribution in [3.8, 4) is 0 Å². The fourth-order valence-electron chi connectivity index (χ4n) is 3.52. The second kappa shape index (κ2) is 22.8. The summed E-state index contributed by atoms with van der Waals surface area (Å²) in [6.45, 7) is 12.4. The van der Waals surface area contributed by atoms with Gasteiger partial charge in [0.25, 0.3) is 0 Å². The third kappa shape index (κ3) is 20.4. The van der Waals surface area contributed by atoms with E-state index in [-0.39, 0.29) is 12.6 Å². The number of carbonyl (C=O) groups is 1. The average Bonchev–Trinajstić information content (AvgIpc) is 2.73. The van der Waals surface area contributed by atoms with Crippen LogP contribution in [0, 0.1) is 5.92 Å². The molecule has 0 fully saturated rings. The number of ether oxygens (including phenoxy) is 3. The molecule has 0 unspecified atom stereocenters. The molecule has 178 valence electrons. The number of hydrogen-bond acceptors (Lipinski definition) is 4. The maximum atomic E-state index is 11.3. The van der Waals surface area contributed by atoms with Crippen molar-refractivity contribution in [3.05, 3.63) is 12.2 Å². The van der Waals surface area contributed by atoms with Gasteiger partial charge in [0.05, 0.1) is 19.8 Å². The number of rotatable bonds is 23. The molecular formula is C26H50O4. The van der Waals surface area contributed by atoms with Gasteiger partial charge in [0, 0.05) is 12.2 Å². The SMILES string of the molecule is C=C(C)C(=O)OCCOCCOCC(CCCCCCCC)CCCCCCCC. The van der Waals surface area contributed by atoms with Gasteiger partial charge in [-0.15, -0.1) is 0 Å². The molecule has 0 aliphatic carbocycles. The Morgan fingerprint density at radius 2 is 1.17 bits per heavy atom. The minimum absolute atomic E-state index is 0.268. The molecule has 0 saturated heterocycles. The van der Waals surface area contributed by atoms with Crippen LogP contribution in [-0.2, 0) is 19.0 Å². The van der Waals surface area contributed by atoms with Crippen molar-refractivity contribution in [2.45, 2.75) is 111 Å². The van der Waals surface area contributed by atoms with E-state index >= 15 is 0 Å². The molecule has 4 nitrogen and oxygen atoms in total. The van der Waals surface area contributed by atoms with Crippen molar-refractivity contribution < 1.29 is 19.0 Å². The van der Waals surface area contributed by atoms with Crippen molar-refractivity contribution in [3.63, 3.8) is 0 Å². The Balaban J connectivity index is 3.85. The molecule has 0 aromatic heterocycles. The van der Waals surface area contributed by atoms with Gasteiger partial charge in [-0.25, -0.2) is 4.79 Å². The first-order chi connectivity index (χ1) is 14.6. The first-order valence-electron chi connectivity index (χ1n) is 12.6. The number of carbonyl (C=O) groups excluding carboxylic acids is 1. The normalized spacial score (nSPS) is 11.2. The molecule has 0 aliphatic heterocycles. The van der Waals surface area contributed by atoms with E-state index in [1.165, 1.54) is 89.9 Å². The van der Waals surface area contributed by atoms with E-state index in [0.717, 1.165) is 6.61 Å². The molecule has 0 aliphatic rings. The van der Waals surface area contributed by atoms with Gasteiger partial charge in [-0.1, -0.05) is 97.5 Å². The first-order valence-corrected chi connectivity index (χ1v) is 12.6. The fourth-order valence-corrected chi connectivity index (χ4v) is 3.52. The van der Waals surface area contributed by atoms with Crippen LogP contribution in [0.2, 0.25) is 0 Å². The Labute approximate surface area is 187 Å². The van der Waals surface area contributed by atoms with Gasteiger partial charge >= 0.3 is 5.97 Å². The fraction of sp³-hybridized carbons (Fsp3) is 0.885. The number of hydrogen-bond donors (Lipinski definition) is 0. The smallest absolute Gasteiger partial charge is 0.333 e. The van der Waals surface area contributed by atoms with Gasteiger partial charge in [0.1, 0.15) is 6.61 Å². The minimum atomic E-state index is -0.359. The third-order valence-electron chi connectivity index (χ3n) is 5.47. The Morgan fingerprint density at radius 1 is 0.700 bits per heavy atom. The summed E-state index contributed by atoms with van der Waals surface area (Å²) in [5, 5.41) is 0. The maximum absolute atomic E-state index is 11.3. The van der Waals surface area contributed by atoms with Crippen LogP contribution >= 0.6 is 0 Å². The van der Waals surface area contributed by atoms with E-state index in [9.17, 15) is 4.79 Å². The molecule has 0 spiro atoms. The molecule has 0 radical (unpaired) electrons. The first kappa shape index (κ1) is 29.1. The maximum Gasteiger partial charge on any atom is 0.333 e. The largest absolute Gasteiger partial charge is 0.460 e. The van der Waals surface area contributed by atoms with E-state index in [1.807, 2.05) is 0 Å². The van der Waals surface area contributed by atoms with E-state index < -0.39 is 0 Å². The highest BCUT2D eigenvalue weighted by molar-refractivity contribution is 5.86. The summed E-state index contributed by atoms with van der Waals surface area (Å²) in [7, 11) is 0. The van der Waals surface area contributed by atoms with E-state index in [4.69, 9.17) is 14.2 Å². The van der Waals surface area contributed by atoms with Crippen LogP contribution in [-0.4, -0.2) is 39.0 Å². The molecule has 0 rings (SSSR count). The summed E-state index contributed by atoms with van der Waals surface area (Å²) in [4.78, 5) is 11.3. The lowest BCUT2D eigenvalue weighted by atomic mass is 9.95. The summed E-state index contributed by atoms with van der Waals surface area (Å²) in [5.41, 5.74) is 0.417. The van der Waals surface area contributed by atoms with E-state index in [0.29, 0.717) is 31.3 Å². The minimum Gasteiger partial charge on any atom is -0.460 e. The standard InChI is InChI=1S/C26H50O4/c1-5-7-9-11-13-15-17-25(18-16-14-12-10-8-6-2)23-29-20-19-28-21-22-30-26(27)24(3)4/h25H,3,5-23H2,1-2,4H3. The Bertz CT molecular complexity index is 378. The zero-order valence-electron chi connectivity index (χ0n) is 20.4. The molecule has 0 aromatic rings. The van der Waals surface area contributed by atoms with Gasteiger partial charge in [-0.05, 0) is 25.7 Å². The van der Waals surface area contributed by atoms with Crippen molar-refractivity contribution in [1.29, 1.82) is 0 Å². The highest BCUT2D eigenvalue weighted by Crippen LogP contribution is 2.19. The summed E-state index contributed by atoms with van der Waals surface area (Å²) >= 11 is 0. The van der Waals surface area contributed by atoms with Crippen molar-refractivity contribution >= 4 is 5.97 Å². The Morgan fingerprint density at radius 3 is 1.70 bits per heavy atom. The van der Waals surface area contributed by atoms with Gasteiger partial charge in [0.15, 0.2) is 0 Å². The van der Waals surface area contributed by atoms with Crippen LogP contribution in [0.1, 0.15) is 111 Å². The van der Waals surface area contributed by atoms with Crippen molar-refractivity contribution in [2.24, 2.45) is 5.92 Å². The third-order valence-corrected chi connectivity index (χ3v) is 5.47.